The summed E-state index contributed by atoms with van der Waals surface area (Å²) in [6, 6.07) is 16.2. The van der Waals surface area contributed by atoms with Crippen LogP contribution < -0.4 is 4.90 Å². The lowest BCUT2D eigenvalue weighted by atomic mass is 9.81. The molecule has 0 saturated carbocycles. The van der Waals surface area contributed by atoms with Gasteiger partial charge in [-0.25, -0.2) is 0 Å². The minimum Gasteiger partial charge on any atom is -0.481 e. The van der Waals surface area contributed by atoms with Crippen molar-refractivity contribution >= 4 is 35.1 Å². The van der Waals surface area contributed by atoms with Gasteiger partial charge in [0.05, 0.1) is 18.3 Å². The SMILES string of the molecule is C[N+]1=C(C=Cc2ccc(N(CCC(=O)O)CCC(=O)O)cc2)C(C)(C)c2ccccc21. The third kappa shape index (κ3) is 5.02. The third-order valence-electron chi connectivity index (χ3n) is 5.82. The van der Waals surface area contributed by atoms with Gasteiger partial charge in [-0.3, -0.25) is 9.59 Å². The molecular weight excluding hydrogens is 392 g/mol. The van der Waals surface area contributed by atoms with Gasteiger partial charge in [0.15, 0.2) is 5.71 Å². The molecule has 0 bridgehead atoms. The summed E-state index contributed by atoms with van der Waals surface area (Å²) in [5.74, 6) is -1.80. The molecule has 0 aromatic heterocycles. The van der Waals surface area contributed by atoms with Crippen LogP contribution in [0.3, 0.4) is 0 Å². The van der Waals surface area contributed by atoms with Gasteiger partial charge < -0.3 is 15.1 Å². The molecule has 0 fully saturated rings. The number of carbonyl (C=O) groups is 2. The molecule has 0 saturated heterocycles. The number of carboxylic acids is 2. The van der Waals surface area contributed by atoms with E-state index < -0.39 is 11.9 Å². The molecule has 0 atom stereocenters. The number of carboxylic acid groups (broad SMARTS) is 2. The molecule has 0 spiro atoms. The second kappa shape index (κ2) is 9.16. The van der Waals surface area contributed by atoms with Crippen molar-refractivity contribution in [3.63, 3.8) is 0 Å². The smallest absolute Gasteiger partial charge is 0.305 e. The maximum atomic E-state index is 10.9. The number of fused-ring (bicyclic) bond motifs is 1. The first kappa shape index (κ1) is 22.3. The van der Waals surface area contributed by atoms with Crippen molar-refractivity contribution in [2.24, 2.45) is 0 Å². The van der Waals surface area contributed by atoms with Crippen LogP contribution in [-0.4, -0.2) is 52.6 Å². The van der Waals surface area contributed by atoms with Crippen LogP contribution in [0, 0.1) is 0 Å². The monoisotopic (exact) mass is 421 g/mol. The standard InChI is InChI=1S/C25H28N2O4/c1-25(2)20-6-4-5-7-21(20)26(3)22(25)13-10-18-8-11-19(12-9-18)27(16-14-23(28)29)17-15-24(30)31/h4-13H,14-17H2,1-3H3,(H-,28,29,30,31)/p+1. The molecule has 1 aliphatic rings. The van der Waals surface area contributed by atoms with E-state index in [0.717, 1.165) is 11.3 Å². The largest absolute Gasteiger partial charge is 0.481 e. The second-order valence-corrected chi connectivity index (χ2v) is 8.29. The van der Waals surface area contributed by atoms with Crippen molar-refractivity contribution in [1.82, 2.24) is 0 Å². The van der Waals surface area contributed by atoms with Crippen LogP contribution in [0.2, 0.25) is 0 Å². The summed E-state index contributed by atoms with van der Waals surface area (Å²) in [4.78, 5) is 23.7. The first-order valence-electron chi connectivity index (χ1n) is 10.4. The number of aliphatic carboxylic acids is 2. The van der Waals surface area contributed by atoms with Gasteiger partial charge in [-0.2, -0.15) is 4.58 Å². The topological polar surface area (TPSA) is 80.8 Å². The predicted molar refractivity (Wildman–Crippen MR) is 123 cm³/mol. The zero-order valence-electron chi connectivity index (χ0n) is 18.2. The normalized spacial score (nSPS) is 14.7. The van der Waals surface area contributed by atoms with Crippen molar-refractivity contribution in [2.75, 3.05) is 25.0 Å². The molecular formula is C25H29N2O4+. The lowest BCUT2D eigenvalue weighted by Gasteiger charge is -2.23. The van der Waals surface area contributed by atoms with E-state index >= 15 is 0 Å². The highest BCUT2D eigenvalue weighted by molar-refractivity contribution is 6.05. The van der Waals surface area contributed by atoms with Gasteiger partial charge in [0.25, 0.3) is 0 Å². The number of rotatable bonds is 9. The minimum atomic E-state index is -0.902. The first-order valence-corrected chi connectivity index (χ1v) is 10.4. The molecule has 2 aromatic rings. The van der Waals surface area contributed by atoms with E-state index in [1.54, 1.807) is 4.90 Å². The number of nitrogens with zero attached hydrogens (tertiary/aromatic N) is 2. The van der Waals surface area contributed by atoms with Gasteiger partial charge in [0.1, 0.15) is 7.05 Å². The Bertz CT molecular complexity index is 1020. The summed E-state index contributed by atoms with van der Waals surface area (Å²) in [7, 11) is 2.08. The maximum absolute atomic E-state index is 10.9. The highest BCUT2D eigenvalue weighted by Crippen LogP contribution is 2.39. The number of anilines is 1. The van der Waals surface area contributed by atoms with Crippen LogP contribution in [0.4, 0.5) is 11.4 Å². The third-order valence-corrected chi connectivity index (χ3v) is 5.82. The Kier molecular flexibility index (Phi) is 6.59. The molecule has 3 rings (SSSR count). The molecule has 0 unspecified atom stereocenters. The Labute approximate surface area is 182 Å². The van der Waals surface area contributed by atoms with Crippen LogP contribution in [0.5, 0.6) is 0 Å². The summed E-state index contributed by atoms with van der Waals surface area (Å²) in [6.45, 7) is 4.99. The maximum Gasteiger partial charge on any atom is 0.305 e. The number of para-hydroxylation sites is 1. The fourth-order valence-electron chi connectivity index (χ4n) is 4.10. The summed E-state index contributed by atoms with van der Waals surface area (Å²) in [6.07, 6.45) is 4.13. The Hall–Kier alpha value is -3.41. The van der Waals surface area contributed by atoms with Crippen molar-refractivity contribution < 1.29 is 24.4 Å². The molecule has 2 N–H and O–H groups in total. The molecule has 0 amide bonds. The zero-order valence-corrected chi connectivity index (χ0v) is 18.2. The number of hydrogen-bond acceptors (Lipinski definition) is 3. The number of allylic oxidation sites excluding steroid dienone is 1. The van der Waals surface area contributed by atoms with Gasteiger partial charge in [0.2, 0.25) is 5.69 Å². The molecule has 2 aromatic carbocycles. The van der Waals surface area contributed by atoms with E-state index in [0.29, 0.717) is 0 Å². The van der Waals surface area contributed by atoms with Gasteiger partial charge in [-0.15, -0.1) is 0 Å². The minimum absolute atomic E-state index is 0.0401. The molecule has 6 nitrogen and oxygen atoms in total. The van der Waals surface area contributed by atoms with Crippen LogP contribution in [0.15, 0.2) is 54.6 Å². The fourth-order valence-corrected chi connectivity index (χ4v) is 4.10. The lowest BCUT2D eigenvalue weighted by molar-refractivity contribution is -0.401. The molecule has 6 heteroatoms. The van der Waals surface area contributed by atoms with Gasteiger partial charge in [0, 0.05) is 36.5 Å². The van der Waals surface area contributed by atoms with E-state index in [2.05, 4.69) is 61.9 Å². The van der Waals surface area contributed by atoms with Gasteiger partial charge in [-0.05, 0) is 37.6 Å². The van der Waals surface area contributed by atoms with Gasteiger partial charge in [-0.1, -0.05) is 30.3 Å². The van der Waals surface area contributed by atoms with Crippen molar-refractivity contribution in [3.05, 3.63) is 65.7 Å². The van der Waals surface area contributed by atoms with Crippen LogP contribution in [0.25, 0.3) is 6.08 Å². The lowest BCUT2D eigenvalue weighted by Crippen LogP contribution is -2.28. The summed E-state index contributed by atoms with van der Waals surface area (Å²) in [5.41, 5.74) is 5.48. The molecule has 0 radical (unpaired) electrons. The van der Waals surface area contributed by atoms with E-state index in [9.17, 15) is 9.59 Å². The van der Waals surface area contributed by atoms with Crippen molar-refractivity contribution in [3.8, 4) is 0 Å². The molecule has 31 heavy (non-hydrogen) atoms. The zero-order chi connectivity index (χ0) is 22.6. The highest BCUT2D eigenvalue weighted by Gasteiger charge is 2.42. The number of benzene rings is 2. The molecule has 0 aliphatic carbocycles. The molecule has 162 valence electrons. The van der Waals surface area contributed by atoms with Crippen molar-refractivity contribution in [1.29, 1.82) is 0 Å². The Morgan fingerprint density at radius 1 is 0.935 bits per heavy atom. The summed E-state index contributed by atoms with van der Waals surface area (Å²) in [5, 5.41) is 17.9. The Morgan fingerprint density at radius 3 is 2.06 bits per heavy atom. The molecule has 1 aliphatic heterocycles. The summed E-state index contributed by atoms with van der Waals surface area (Å²) < 4.78 is 2.22. The quantitative estimate of drug-likeness (QED) is 0.594. The second-order valence-electron chi connectivity index (χ2n) is 8.29. The number of hydrogen-bond donors (Lipinski definition) is 2. The average molecular weight is 422 g/mol. The van der Waals surface area contributed by atoms with Crippen LogP contribution >= 0.6 is 0 Å². The van der Waals surface area contributed by atoms with E-state index in [1.807, 2.05) is 24.3 Å². The summed E-state index contributed by atoms with van der Waals surface area (Å²) >= 11 is 0. The van der Waals surface area contributed by atoms with E-state index in [1.165, 1.54) is 17.0 Å². The van der Waals surface area contributed by atoms with E-state index in [-0.39, 0.29) is 31.3 Å². The fraction of sp³-hybridized carbons (Fsp3) is 0.320. The van der Waals surface area contributed by atoms with Crippen LogP contribution in [0.1, 0.15) is 37.8 Å². The highest BCUT2D eigenvalue weighted by atomic mass is 16.4. The van der Waals surface area contributed by atoms with Crippen LogP contribution in [-0.2, 0) is 15.0 Å². The average Bonchev–Trinajstić information content (AvgIpc) is 2.92. The first-order chi connectivity index (χ1) is 14.7. The van der Waals surface area contributed by atoms with Gasteiger partial charge >= 0.3 is 11.9 Å². The Balaban J connectivity index is 1.78. The van der Waals surface area contributed by atoms with E-state index in [4.69, 9.17) is 10.2 Å². The predicted octanol–water partition coefficient (Wildman–Crippen LogP) is 4.16. The molecule has 1 heterocycles. The van der Waals surface area contributed by atoms with Crippen molar-refractivity contribution in [2.45, 2.75) is 32.1 Å². The Morgan fingerprint density at radius 2 is 1.52 bits per heavy atom.